The minimum atomic E-state index is 0.0382. The second-order valence-electron chi connectivity index (χ2n) is 5.58. The predicted octanol–water partition coefficient (Wildman–Crippen LogP) is 1.79. The topological polar surface area (TPSA) is 85.8 Å². The first kappa shape index (κ1) is 18.0. The molecule has 6 nitrogen and oxygen atoms in total. The lowest BCUT2D eigenvalue weighted by Crippen LogP contribution is -2.34. The number of nitrogens with two attached hydrogens (primary N) is 1. The summed E-state index contributed by atoms with van der Waals surface area (Å²) < 4.78 is 1.94. The summed E-state index contributed by atoms with van der Waals surface area (Å²) in [4.78, 5) is 11.9. The van der Waals surface area contributed by atoms with Gasteiger partial charge < -0.3 is 15.6 Å². The zero-order chi connectivity index (χ0) is 15.8. The summed E-state index contributed by atoms with van der Waals surface area (Å²) in [7, 11) is 0. The van der Waals surface area contributed by atoms with Crippen LogP contribution in [0.25, 0.3) is 0 Å². The van der Waals surface area contributed by atoms with Crippen LogP contribution in [0.15, 0.2) is 5.16 Å². The van der Waals surface area contributed by atoms with Crippen LogP contribution in [0.1, 0.15) is 46.4 Å². The van der Waals surface area contributed by atoms with Crippen molar-refractivity contribution in [3.8, 4) is 0 Å². The zero-order valence-electron chi connectivity index (χ0n) is 13.4. The van der Waals surface area contributed by atoms with Crippen molar-refractivity contribution in [3.05, 3.63) is 5.82 Å². The molecule has 1 aromatic heterocycles. The Balaban J connectivity index is 2.41. The number of carbonyl (C=O) groups is 1. The lowest BCUT2D eigenvalue weighted by atomic mass is 10.0. The Labute approximate surface area is 131 Å². The summed E-state index contributed by atoms with van der Waals surface area (Å²) in [6.07, 6.45) is 2.13. The Kier molecular flexibility index (Phi) is 7.74. The summed E-state index contributed by atoms with van der Waals surface area (Å²) in [5.41, 5.74) is 5.61. The molecular weight excluding hydrogens is 286 g/mol. The Morgan fingerprint density at radius 3 is 2.62 bits per heavy atom. The number of nitrogens with zero attached hydrogens (tertiary/aromatic N) is 3. The van der Waals surface area contributed by atoms with Gasteiger partial charge in [0.05, 0.1) is 12.3 Å². The summed E-state index contributed by atoms with van der Waals surface area (Å²) in [6.45, 7) is 9.56. The van der Waals surface area contributed by atoms with Gasteiger partial charge in [-0.2, -0.15) is 0 Å². The van der Waals surface area contributed by atoms with E-state index in [1.807, 2.05) is 18.4 Å². The van der Waals surface area contributed by atoms with Crippen molar-refractivity contribution < 1.29 is 4.79 Å². The maximum absolute atomic E-state index is 11.9. The third-order valence-corrected chi connectivity index (χ3v) is 4.18. The molecule has 0 aromatic carbocycles. The standard InChI is InChI=1S/C14H27N5OS/c1-5-19-12(8-15)17-18-14(19)21-9-13(20)16-11(4)7-6-10(2)3/h10-11H,5-9,15H2,1-4H3,(H,16,20). The molecule has 1 aromatic rings. The van der Waals surface area contributed by atoms with Gasteiger partial charge in [-0.3, -0.25) is 4.79 Å². The second-order valence-corrected chi connectivity index (χ2v) is 6.52. The number of thioether (sulfide) groups is 1. The Morgan fingerprint density at radius 1 is 1.33 bits per heavy atom. The Bertz CT molecular complexity index is 447. The van der Waals surface area contributed by atoms with E-state index in [4.69, 9.17) is 5.73 Å². The highest BCUT2D eigenvalue weighted by molar-refractivity contribution is 7.99. The van der Waals surface area contributed by atoms with Crippen LogP contribution >= 0.6 is 11.8 Å². The Hall–Kier alpha value is -1.08. The first-order valence-corrected chi connectivity index (χ1v) is 8.50. The van der Waals surface area contributed by atoms with E-state index >= 15 is 0 Å². The van der Waals surface area contributed by atoms with E-state index in [2.05, 4.69) is 29.4 Å². The maximum atomic E-state index is 11.9. The molecule has 0 radical (unpaired) electrons. The number of nitrogens with one attached hydrogen (secondary N) is 1. The van der Waals surface area contributed by atoms with Gasteiger partial charge in [-0.15, -0.1) is 10.2 Å². The zero-order valence-corrected chi connectivity index (χ0v) is 14.2. The van der Waals surface area contributed by atoms with Crippen molar-refractivity contribution in [2.45, 2.75) is 64.8 Å². The highest BCUT2D eigenvalue weighted by Crippen LogP contribution is 2.16. The van der Waals surface area contributed by atoms with Crippen molar-refractivity contribution in [1.29, 1.82) is 0 Å². The van der Waals surface area contributed by atoms with Gasteiger partial charge in [0, 0.05) is 12.6 Å². The third kappa shape index (κ3) is 6.05. The molecule has 0 spiro atoms. The van der Waals surface area contributed by atoms with E-state index in [0.29, 0.717) is 18.2 Å². The smallest absolute Gasteiger partial charge is 0.230 e. The number of hydrogen-bond acceptors (Lipinski definition) is 5. The molecule has 0 fully saturated rings. The van der Waals surface area contributed by atoms with Crippen LogP contribution < -0.4 is 11.1 Å². The van der Waals surface area contributed by atoms with Gasteiger partial charge in [-0.1, -0.05) is 25.6 Å². The van der Waals surface area contributed by atoms with Crippen molar-refractivity contribution in [2.75, 3.05) is 5.75 Å². The van der Waals surface area contributed by atoms with E-state index in [1.165, 1.54) is 11.8 Å². The monoisotopic (exact) mass is 313 g/mol. The number of amides is 1. The molecule has 7 heteroatoms. The highest BCUT2D eigenvalue weighted by atomic mass is 32.2. The fraction of sp³-hybridized carbons (Fsp3) is 0.786. The van der Waals surface area contributed by atoms with Gasteiger partial charge in [-0.25, -0.2) is 0 Å². The van der Waals surface area contributed by atoms with Crippen LogP contribution in [0, 0.1) is 5.92 Å². The number of aromatic nitrogens is 3. The van der Waals surface area contributed by atoms with E-state index in [-0.39, 0.29) is 11.9 Å². The molecule has 0 aliphatic rings. The minimum Gasteiger partial charge on any atom is -0.353 e. The lowest BCUT2D eigenvalue weighted by Gasteiger charge is -2.14. The molecule has 1 amide bonds. The van der Waals surface area contributed by atoms with Crippen LogP contribution in [-0.2, 0) is 17.9 Å². The van der Waals surface area contributed by atoms with Crippen molar-refractivity contribution in [3.63, 3.8) is 0 Å². The van der Waals surface area contributed by atoms with Crippen molar-refractivity contribution in [1.82, 2.24) is 20.1 Å². The van der Waals surface area contributed by atoms with Gasteiger partial charge in [-0.05, 0) is 32.6 Å². The lowest BCUT2D eigenvalue weighted by molar-refractivity contribution is -0.119. The van der Waals surface area contributed by atoms with Gasteiger partial charge in [0.15, 0.2) is 5.16 Å². The Morgan fingerprint density at radius 2 is 2.05 bits per heavy atom. The summed E-state index contributed by atoms with van der Waals surface area (Å²) >= 11 is 1.40. The summed E-state index contributed by atoms with van der Waals surface area (Å²) in [5, 5.41) is 11.9. The molecule has 1 rings (SSSR count). The molecule has 0 saturated carbocycles. The van der Waals surface area contributed by atoms with Crippen LogP contribution in [-0.4, -0.2) is 32.5 Å². The number of carbonyl (C=O) groups excluding carboxylic acids is 1. The first-order chi connectivity index (χ1) is 9.97. The molecule has 21 heavy (non-hydrogen) atoms. The molecule has 120 valence electrons. The second kappa shape index (κ2) is 9.04. The quantitative estimate of drug-likeness (QED) is 0.679. The molecule has 1 unspecified atom stereocenters. The number of hydrogen-bond donors (Lipinski definition) is 2. The maximum Gasteiger partial charge on any atom is 0.230 e. The van der Waals surface area contributed by atoms with Crippen LogP contribution in [0.5, 0.6) is 0 Å². The van der Waals surface area contributed by atoms with E-state index in [9.17, 15) is 4.79 Å². The van der Waals surface area contributed by atoms with Gasteiger partial charge in [0.1, 0.15) is 5.82 Å². The molecule has 0 bridgehead atoms. The molecule has 1 atom stereocenters. The highest BCUT2D eigenvalue weighted by Gasteiger charge is 2.13. The molecule has 0 saturated heterocycles. The van der Waals surface area contributed by atoms with E-state index < -0.39 is 0 Å². The first-order valence-electron chi connectivity index (χ1n) is 7.52. The van der Waals surface area contributed by atoms with E-state index in [1.54, 1.807) is 0 Å². The van der Waals surface area contributed by atoms with Gasteiger partial charge in [0.2, 0.25) is 5.91 Å². The normalized spacial score (nSPS) is 12.7. The van der Waals surface area contributed by atoms with Crippen LogP contribution in [0.2, 0.25) is 0 Å². The molecule has 0 aliphatic carbocycles. The van der Waals surface area contributed by atoms with Gasteiger partial charge in [0.25, 0.3) is 0 Å². The summed E-state index contributed by atoms with van der Waals surface area (Å²) in [6, 6.07) is 0.212. The third-order valence-electron chi connectivity index (χ3n) is 3.21. The molecule has 0 aliphatic heterocycles. The average Bonchev–Trinajstić information content (AvgIpc) is 2.84. The minimum absolute atomic E-state index is 0.0382. The fourth-order valence-electron chi connectivity index (χ4n) is 2.00. The largest absolute Gasteiger partial charge is 0.353 e. The van der Waals surface area contributed by atoms with Crippen LogP contribution in [0.4, 0.5) is 0 Å². The van der Waals surface area contributed by atoms with Gasteiger partial charge >= 0.3 is 0 Å². The average molecular weight is 313 g/mol. The molecule has 1 heterocycles. The van der Waals surface area contributed by atoms with Crippen molar-refractivity contribution in [2.24, 2.45) is 11.7 Å². The molecule has 3 N–H and O–H groups in total. The van der Waals surface area contributed by atoms with Crippen molar-refractivity contribution >= 4 is 17.7 Å². The SMILES string of the molecule is CCn1c(CN)nnc1SCC(=O)NC(C)CCC(C)C. The fourth-order valence-corrected chi connectivity index (χ4v) is 2.83. The summed E-state index contributed by atoms with van der Waals surface area (Å²) in [5.74, 6) is 1.81. The van der Waals surface area contributed by atoms with Crippen LogP contribution in [0.3, 0.4) is 0 Å². The van der Waals surface area contributed by atoms with E-state index in [0.717, 1.165) is 30.4 Å². The molecular formula is C14H27N5OS. The number of rotatable bonds is 9. The predicted molar refractivity (Wildman–Crippen MR) is 86.0 cm³/mol.